The molecule has 2 N–H and O–H groups in total. The molecule has 0 radical (unpaired) electrons. The topological polar surface area (TPSA) is 62.5 Å². The van der Waals surface area contributed by atoms with Crippen LogP contribution in [-0.2, 0) is 19.1 Å². The van der Waals surface area contributed by atoms with Crippen molar-refractivity contribution in [3.8, 4) is 5.75 Å². The molecule has 0 spiro atoms. The summed E-state index contributed by atoms with van der Waals surface area (Å²) < 4.78 is 42.9. The molecule has 0 aliphatic rings. The van der Waals surface area contributed by atoms with E-state index in [0.29, 0.717) is 28.6 Å². The van der Waals surface area contributed by atoms with E-state index < -0.39 is 17.4 Å². The number of benzene rings is 2. The summed E-state index contributed by atoms with van der Waals surface area (Å²) in [7, 11) is 0. The summed E-state index contributed by atoms with van der Waals surface area (Å²) in [6, 6.07) is 9.13. The lowest BCUT2D eigenvalue weighted by atomic mass is 10.0. The molecule has 0 saturated carbocycles. The Morgan fingerprint density at radius 3 is 2.38 bits per heavy atom. The Balaban J connectivity index is 1.90. The predicted molar refractivity (Wildman–Crippen MR) is 92.3 cm³/mol. The number of hydrogen-bond acceptors (Lipinski definition) is 4. The lowest BCUT2D eigenvalue weighted by molar-refractivity contribution is -0.137. The van der Waals surface area contributed by atoms with Gasteiger partial charge in [0.15, 0.2) is 0 Å². The van der Waals surface area contributed by atoms with Crippen LogP contribution in [0.5, 0.6) is 5.75 Å². The van der Waals surface area contributed by atoms with Gasteiger partial charge in [-0.1, -0.05) is 6.92 Å². The van der Waals surface area contributed by atoms with Crippen LogP contribution in [0.15, 0.2) is 51.7 Å². The fourth-order valence-corrected chi connectivity index (χ4v) is 2.71. The largest absolute Gasteiger partial charge is 0.508 e. The van der Waals surface area contributed by atoms with Crippen molar-refractivity contribution in [1.82, 2.24) is 0 Å². The van der Waals surface area contributed by atoms with Crippen LogP contribution in [0.3, 0.4) is 0 Å². The predicted octanol–water partition coefficient (Wildman–Crippen LogP) is 4.69. The second-order valence-electron chi connectivity index (χ2n) is 5.85. The summed E-state index contributed by atoms with van der Waals surface area (Å²) in [5, 5.41) is 13.6. The second kappa shape index (κ2) is 6.74. The molecule has 136 valence electrons. The Bertz CT molecular complexity index is 992. The number of aromatic hydroxyl groups is 1. The van der Waals surface area contributed by atoms with E-state index in [1.807, 2.05) is 6.92 Å². The van der Waals surface area contributed by atoms with E-state index in [4.69, 9.17) is 4.42 Å². The van der Waals surface area contributed by atoms with Crippen LogP contribution in [0.2, 0.25) is 0 Å². The molecular formula is C19H16F3NO3. The highest BCUT2D eigenvalue weighted by Crippen LogP contribution is 2.30. The Labute approximate surface area is 146 Å². The highest BCUT2D eigenvalue weighted by Gasteiger charge is 2.29. The molecule has 26 heavy (non-hydrogen) atoms. The van der Waals surface area contributed by atoms with Gasteiger partial charge in [-0.15, -0.1) is 0 Å². The molecule has 0 amide bonds. The lowest BCUT2D eigenvalue weighted by Gasteiger charge is -2.11. The van der Waals surface area contributed by atoms with E-state index in [-0.39, 0.29) is 17.9 Å². The fraction of sp³-hybridized carbons (Fsp3) is 0.211. The maximum Gasteiger partial charge on any atom is 0.416 e. The SMILES string of the molecule is CCc1cc2c(CNc3ccc(C(F)(F)F)cc3)cc(=O)oc2cc1O. The normalized spacial score (nSPS) is 11.7. The van der Waals surface area contributed by atoms with Crippen molar-refractivity contribution in [3.05, 3.63) is 69.6 Å². The van der Waals surface area contributed by atoms with E-state index in [9.17, 15) is 23.1 Å². The third kappa shape index (κ3) is 3.66. The molecule has 0 bridgehead atoms. The van der Waals surface area contributed by atoms with Crippen LogP contribution in [0.25, 0.3) is 11.0 Å². The van der Waals surface area contributed by atoms with Crippen LogP contribution >= 0.6 is 0 Å². The third-order valence-corrected chi connectivity index (χ3v) is 4.11. The number of aryl methyl sites for hydroxylation is 1. The maximum absolute atomic E-state index is 12.6. The maximum atomic E-state index is 12.6. The highest BCUT2D eigenvalue weighted by molar-refractivity contribution is 5.83. The van der Waals surface area contributed by atoms with Gasteiger partial charge in [-0.05, 0) is 47.9 Å². The van der Waals surface area contributed by atoms with Crippen molar-refractivity contribution in [1.29, 1.82) is 0 Å². The molecule has 3 rings (SSSR count). The summed E-state index contributed by atoms with van der Waals surface area (Å²) in [5.74, 6) is 0.0519. The number of anilines is 1. The number of nitrogens with one attached hydrogen (secondary N) is 1. The molecular weight excluding hydrogens is 347 g/mol. The highest BCUT2D eigenvalue weighted by atomic mass is 19.4. The van der Waals surface area contributed by atoms with E-state index in [0.717, 1.165) is 12.1 Å². The van der Waals surface area contributed by atoms with E-state index in [1.165, 1.54) is 24.3 Å². The second-order valence-corrected chi connectivity index (χ2v) is 5.85. The molecule has 2 aromatic carbocycles. The number of halogens is 3. The molecule has 7 heteroatoms. The number of phenols is 1. The first-order chi connectivity index (χ1) is 12.3. The van der Waals surface area contributed by atoms with Crippen LogP contribution in [0.1, 0.15) is 23.6 Å². The summed E-state index contributed by atoms with van der Waals surface area (Å²) in [6.45, 7) is 2.11. The Kier molecular flexibility index (Phi) is 4.63. The van der Waals surface area contributed by atoms with Gasteiger partial charge in [0.2, 0.25) is 0 Å². The molecule has 1 heterocycles. The first-order valence-electron chi connectivity index (χ1n) is 7.97. The lowest BCUT2D eigenvalue weighted by Crippen LogP contribution is -2.07. The Hall–Kier alpha value is -2.96. The minimum absolute atomic E-state index is 0.0519. The van der Waals surface area contributed by atoms with Gasteiger partial charge in [-0.2, -0.15) is 13.2 Å². The molecule has 3 aromatic rings. The first kappa shape index (κ1) is 17.8. The molecule has 0 unspecified atom stereocenters. The van der Waals surface area contributed by atoms with Crippen molar-refractivity contribution >= 4 is 16.7 Å². The average molecular weight is 363 g/mol. The molecule has 0 fully saturated rings. The van der Waals surface area contributed by atoms with Crippen LogP contribution in [0, 0.1) is 0 Å². The number of fused-ring (bicyclic) bond motifs is 1. The monoisotopic (exact) mass is 363 g/mol. The molecule has 1 aromatic heterocycles. The zero-order valence-electron chi connectivity index (χ0n) is 13.9. The minimum atomic E-state index is -4.38. The summed E-state index contributed by atoms with van der Waals surface area (Å²) in [4.78, 5) is 11.7. The fourth-order valence-electron chi connectivity index (χ4n) is 2.71. The summed E-state index contributed by atoms with van der Waals surface area (Å²) in [6.07, 6.45) is -3.78. The zero-order chi connectivity index (χ0) is 18.9. The minimum Gasteiger partial charge on any atom is -0.508 e. The van der Waals surface area contributed by atoms with Gasteiger partial charge in [0, 0.05) is 29.8 Å². The number of alkyl halides is 3. The molecule has 0 atom stereocenters. The van der Waals surface area contributed by atoms with Gasteiger partial charge in [-0.25, -0.2) is 4.79 Å². The van der Waals surface area contributed by atoms with Gasteiger partial charge >= 0.3 is 11.8 Å². The van der Waals surface area contributed by atoms with Crippen molar-refractivity contribution in [2.45, 2.75) is 26.1 Å². The van der Waals surface area contributed by atoms with E-state index >= 15 is 0 Å². The van der Waals surface area contributed by atoms with Crippen LogP contribution in [0.4, 0.5) is 18.9 Å². The number of hydrogen-bond donors (Lipinski definition) is 2. The Morgan fingerprint density at radius 2 is 1.77 bits per heavy atom. The van der Waals surface area contributed by atoms with Crippen molar-refractivity contribution in [2.75, 3.05) is 5.32 Å². The van der Waals surface area contributed by atoms with Gasteiger partial charge in [0.25, 0.3) is 0 Å². The van der Waals surface area contributed by atoms with Gasteiger partial charge in [-0.3, -0.25) is 0 Å². The van der Waals surface area contributed by atoms with E-state index in [1.54, 1.807) is 6.07 Å². The van der Waals surface area contributed by atoms with Gasteiger partial charge in [0.05, 0.1) is 5.56 Å². The molecule has 0 aliphatic carbocycles. The van der Waals surface area contributed by atoms with Crippen molar-refractivity contribution in [3.63, 3.8) is 0 Å². The smallest absolute Gasteiger partial charge is 0.416 e. The van der Waals surface area contributed by atoms with E-state index in [2.05, 4.69) is 5.32 Å². The zero-order valence-corrected chi connectivity index (χ0v) is 13.9. The standard InChI is InChI=1S/C19H16F3NO3/c1-2-11-7-15-12(8-18(25)26-17(15)9-16(11)24)10-23-14-5-3-13(4-6-14)19(20,21)22/h3-9,23-24H,2,10H2,1H3. The number of rotatable bonds is 4. The molecule has 0 aliphatic heterocycles. The molecule has 0 saturated heterocycles. The first-order valence-corrected chi connectivity index (χ1v) is 7.97. The van der Waals surface area contributed by atoms with Gasteiger partial charge < -0.3 is 14.8 Å². The molecule has 4 nitrogen and oxygen atoms in total. The summed E-state index contributed by atoms with van der Waals surface area (Å²) in [5.41, 5.74) is 0.806. The summed E-state index contributed by atoms with van der Waals surface area (Å²) >= 11 is 0. The third-order valence-electron chi connectivity index (χ3n) is 4.11. The average Bonchev–Trinajstić information content (AvgIpc) is 2.58. The van der Waals surface area contributed by atoms with Crippen molar-refractivity contribution in [2.24, 2.45) is 0 Å². The van der Waals surface area contributed by atoms with Gasteiger partial charge in [0.1, 0.15) is 11.3 Å². The number of phenolic OH excluding ortho intramolecular Hbond substituents is 1. The quantitative estimate of drug-likeness (QED) is 0.660. The van der Waals surface area contributed by atoms with Crippen LogP contribution < -0.4 is 10.9 Å². The van der Waals surface area contributed by atoms with Crippen molar-refractivity contribution < 1.29 is 22.7 Å². The Morgan fingerprint density at radius 1 is 1.08 bits per heavy atom. The van der Waals surface area contributed by atoms with Crippen LogP contribution in [-0.4, -0.2) is 5.11 Å².